The Morgan fingerprint density at radius 2 is 1.91 bits per heavy atom. The van der Waals surface area contributed by atoms with Crippen LogP contribution in [0, 0.1) is 0 Å². The minimum Gasteiger partial charge on any atom is -0.503 e. The van der Waals surface area contributed by atoms with Crippen molar-refractivity contribution in [1.29, 1.82) is 0 Å². The van der Waals surface area contributed by atoms with Gasteiger partial charge in [0.2, 0.25) is 5.78 Å². The molecule has 1 N–H and O–H groups in total. The number of benzene rings is 2. The van der Waals surface area contributed by atoms with Crippen LogP contribution in [0.25, 0.3) is 11.0 Å². The lowest BCUT2D eigenvalue weighted by Crippen LogP contribution is -2.33. The second-order valence-corrected chi connectivity index (χ2v) is 8.05. The Balaban J connectivity index is 1.75. The summed E-state index contributed by atoms with van der Waals surface area (Å²) in [7, 11) is 5.45. The number of aliphatic hydroxyl groups excluding tert-OH is 1. The number of hydrogen-bond acceptors (Lipinski definition) is 6. The van der Waals surface area contributed by atoms with Gasteiger partial charge in [0.15, 0.2) is 22.9 Å². The molecule has 0 spiro atoms. The lowest BCUT2D eigenvalue weighted by molar-refractivity contribution is -0.129. The molecule has 32 heavy (non-hydrogen) atoms. The molecule has 1 amide bonds. The number of rotatable bonds is 8. The largest absolute Gasteiger partial charge is 0.503 e. The Kier molecular flexibility index (Phi) is 6.01. The van der Waals surface area contributed by atoms with E-state index >= 15 is 0 Å². The topological polar surface area (TPSA) is 83.2 Å². The van der Waals surface area contributed by atoms with Crippen molar-refractivity contribution in [3.05, 3.63) is 77.3 Å². The lowest BCUT2D eigenvalue weighted by Gasteiger charge is -2.27. The highest BCUT2D eigenvalue weighted by atomic mass is 16.5. The van der Waals surface area contributed by atoms with Crippen LogP contribution in [0.15, 0.2) is 70.3 Å². The SMILES string of the molecule is COc1cccc2cc(C(=O)C3=C(O)C(=O)N(CCCN(C)C)[C@@H]3c3ccccc3)oc12. The zero-order valence-corrected chi connectivity index (χ0v) is 18.4. The minimum atomic E-state index is -0.687. The predicted octanol–water partition coefficient (Wildman–Crippen LogP) is 3.97. The number of methoxy groups -OCH3 is 1. The van der Waals surface area contributed by atoms with Crippen LogP contribution in [0.3, 0.4) is 0 Å². The highest BCUT2D eigenvalue weighted by Gasteiger charge is 2.44. The highest BCUT2D eigenvalue weighted by molar-refractivity contribution is 6.16. The number of carbonyl (C=O) groups is 2. The number of amides is 1. The normalized spacial score (nSPS) is 16.4. The number of furan rings is 1. The molecule has 7 heteroatoms. The van der Waals surface area contributed by atoms with Gasteiger partial charge in [-0.3, -0.25) is 9.59 Å². The molecular formula is C25H26N2O5. The van der Waals surface area contributed by atoms with Gasteiger partial charge < -0.3 is 24.1 Å². The third-order valence-electron chi connectivity index (χ3n) is 5.62. The second-order valence-electron chi connectivity index (χ2n) is 8.05. The van der Waals surface area contributed by atoms with Crippen molar-refractivity contribution in [1.82, 2.24) is 9.80 Å². The summed E-state index contributed by atoms with van der Waals surface area (Å²) in [6, 6.07) is 15.6. The zero-order chi connectivity index (χ0) is 22.8. The van der Waals surface area contributed by atoms with Crippen LogP contribution in [0.5, 0.6) is 5.75 Å². The molecule has 1 atom stereocenters. The Morgan fingerprint density at radius 1 is 1.16 bits per heavy atom. The number of fused-ring (bicyclic) bond motifs is 1. The van der Waals surface area contributed by atoms with Gasteiger partial charge >= 0.3 is 0 Å². The molecule has 2 heterocycles. The fraction of sp³-hybridized carbons (Fsp3) is 0.280. The van der Waals surface area contributed by atoms with Gasteiger partial charge in [-0.05, 0) is 44.8 Å². The van der Waals surface area contributed by atoms with Gasteiger partial charge in [0.05, 0.1) is 18.7 Å². The van der Waals surface area contributed by atoms with E-state index in [-0.39, 0.29) is 11.3 Å². The summed E-state index contributed by atoms with van der Waals surface area (Å²) in [6.45, 7) is 1.18. The van der Waals surface area contributed by atoms with Crippen LogP contribution in [-0.4, -0.2) is 60.9 Å². The van der Waals surface area contributed by atoms with E-state index in [1.807, 2.05) is 55.4 Å². The number of ether oxygens (including phenoxy) is 1. The zero-order valence-electron chi connectivity index (χ0n) is 18.4. The third kappa shape index (κ3) is 3.87. The average molecular weight is 434 g/mol. The molecular weight excluding hydrogens is 408 g/mol. The molecule has 3 aromatic rings. The number of hydrogen-bond donors (Lipinski definition) is 1. The first-order valence-corrected chi connectivity index (χ1v) is 10.5. The molecule has 4 rings (SSSR count). The number of nitrogens with zero attached hydrogens (tertiary/aromatic N) is 2. The van der Waals surface area contributed by atoms with Crippen molar-refractivity contribution in [2.45, 2.75) is 12.5 Å². The van der Waals surface area contributed by atoms with Crippen molar-refractivity contribution < 1.29 is 23.8 Å². The lowest BCUT2D eigenvalue weighted by atomic mass is 9.95. The third-order valence-corrected chi connectivity index (χ3v) is 5.62. The number of carbonyl (C=O) groups excluding carboxylic acids is 2. The highest BCUT2D eigenvalue weighted by Crippen LogP contribution is 2.40. The monoisotopic (exact) mass is 434 g/mol. The van der Waals surface area contributed by atoms with E-state index in [1.54, 1.807) is 23.1 Å². The van der Waals surface area contributed by atoms with Crippen LogP contribution in [0.4, 0.5) is 0 Å². The quantitative estimate of drug-likeness (QED) is 0.540. The maximum atomic E-state index is 13.5. The summed E-state index contributed by atoms with van der Waals surface area (Å²) >= 11 is 0. The molecule has 7 nitrogen and oxygen atoms in total. The van der Waals surface area contributed by atoms with E-state index in [4.69, 9.17) is 9.15 Å². The van der Waals surface area contributed by atoms with E-state index in [9.17, 15) is 14.7 Å². The molecule has 0 saturated heterocycles. The van der Waals surface area contributed by atoms with Gasteiger partial charge in [0.1, 0.15) is 0 Å². The van der Waals surface area contributed by atoms with Gasteiger partial charge in [-0.25, -0.2) is 0 Å². The molecule has 1 aliphatic rings. The Hall–Kier alpha value is -3.58. The van der Waals surface area contributed by atoms with E-state index in [0.717, 1.165) is 12.1 Å². The maximum absolute atomic E-state index is 13.5. The summed E-state index contributed by atoms with van der Waals surface area (Å²) in [6.07, 6.45) is 0.707. The summed E-state index contributed by atoms with van der Waals surface area (Å²) < 4.78 is 11.1. The summed E-state index contributed by atoms with van der Waals surface area (Å²) in [5.74, 6) is -1.03. The van der Waals surface area contributed by atoms with Crippen molar-refractivity contribution in [2.24, 2.45) is 0 Å². The summed E-state index contributed by atoms with van der Waals surface area (Å²) in [4.78, 5) is 30.1. The van der Waals surface area contributed by atoms with Gasteiger partial charge in [-0.2, -0.15) is 0 Å². The molecule has 0 saturated carbocycles. The molecule has 0 aliphatic carbocycles. The molecule has 1 aliphatic heterocycles. The molecule has 0 radical (unpaired) electrons. The Labute approximate surface area is 186 Å². The number of Topliss-reactive ketones (excluding diaryl/α,β-unsaturated/α-hetero) is 1. The van der Waals surface area contributed by atoms with Crippen LogP contribution in [-0.2, 0) is 4.79 Å². The van der Waals surface area contributed by atoms with Gasteiger partial charge in [0, 0.05) is 11.9 Å². The van der Waals surface area contributed by atoms with Crippen molar-refractivity contribution in [3.8, 4) is 5.75 Å². The smallest absolute Gasteiger partial charge is 0.290 e. The standard InChI is InChI=1S/C25H26N2O5/c1-26(2)13-8-14-27-21(16-9-5-4-6-10-16)20(23(29)25(27)30)22(28)19-15-17-11-7-12-18(31-3)24(17)32-19/h4-7,9-12,15,21,29H,8,13-14H2,1-3H3/t21-/m1/s1. The van der Waals surface area contributed by atoms with Crippen LogP contribution >= 0.6 is 0 Å². The van der Waals surface area contributed by atoms with Crippen molar-refractivity contribution in [3.63, 3.8) is 0 Å². The molecule has 2 aromatic carbocycles. The number of aliphatic hydroxyl groups is 1. The second kappa shape index (κ2) is 8.88. The van der Waals surface area contributed by atoms with E-state index < -0.39 is 23.5 Å². The average Bonchev–Trinajstić information content (AvgIpc) is 3.34. The maximum Gasteiger partial charge on any atom is 0.290 e. The fourth-order valence-corrected chi connectivity index (χ4v) is 4.10. The van der Waals surface area contributed by atoms with Gasteiger partial charge in [0.25, 0.3) is 5.91 Å². The van der Waals surface area contributed by atoms with Crippen molar-refractivity contribution in [2.75, 3.05) is 34.3 Å². The Morgan fingerprint density at radius 3 is 2.59 bits per heavy atom. The molecule has 0 fully saturated rings. The first-order chi connectivity index (χ1) is 15.4. The van der Waals surface area contributed by atoms with E-state index in [2.05, 4.69) is 0 Å². The molecule has 0 bridgehead atoms. The minimum absolute atomic E-state index is 0.0316. The van der Waals surface area contributed by atoms with Crippen LogP contribution in [0.1, 0.15) is 28.6 Å². The summed E-state index contributed by atoms with van der Waals surface area (Å²) in [5, 5.41) is 11.5. The molecule has 166 valence electrons. The van der Waals surface area contributed by atoms with E-state index in [1.165, 1.54) is 7.11 Å². The van der Waals surface area contributed by atoms with Crippen LogP contribution in [0.2, 0.25) is 0 Å². The predicted molar refractivity (Wildman–Crippen MR) is 121 cm³/mol. The van der Waals surface area contributed by atoms with Crippen LogP contribution < -0.4 is 4.74 Å². The number of para-hydroxylation sites is 1. The Bertz CT molecular complexity index is 1180. The van der Waals surface area contributed by atoms with Gasteiger partial charge in [-0.15, -0.1) is 0 Å². The van der Waals surface area contributed by atoms with Gasteiger partial charge in [-0.1, -0.05) is 42.5 Å². The van der Waals surface area contributed by atoms with Crippen molar-refractivity contribution >= 4 is 22.7 Å². The summed E-state index contributed by atoms with van der Waals surface area (Å²) in [5.41, 5.74) is 1.23. The number of ketones is 1. The first-order valence-electron chi connectivity index (χ1n) is 10.5. The van der Waals surface area contributed by atoms with E-state index in [0.29, 0.717) is 29.7 Å². The molecule has 1 aromatic heterocycles. The molecule has 0 unspecified atom stereocenters. The fourth-order valence-electron chi connectivity index (χ4n) is 4.10. The first kappa shape index (κ1) is 21.6.